The molecule has 0 aromatic rings. The quantitative estimate of drug-likeness (QED) is 0.651. The van der Waals surface area contributed by atoms with Crippen LogP contribution in [0.3, 0.4) is 0 Å². The molecule has 7 nitrogen and oxygen atoms in total. The van der Waals surface area contributed by atoms with Crippen molar-refractivity contribution in [3.05, 3.63) is 0 Å². The van der Waals surface area contributed by atoms with E-state index in [2.05, 4.69) is 24.1 Å². The molecule has 0 spiro atoms. The SMILES string of the molecule is CC(C)CN1CCN(C(=O)NCC(C)(O)CC(=O)O)CC1. The molecule has 1 fully saturated rings. The van der Waals surface area contributed by atoms with E-state index in [-0.39, 0.29) is 12.6 Å². The van der Waals surface area contributed by atoms with Crippen molar-refractivity contribution in [2.45, 2.75) is 32.8 Å². The molecule has 1 saturated heterocycles. The van der Waals surface area contributed by atoms with E-state index in [0.717, 1.165) is 19.6 Å². The minimum Gasteiger partial charge on any atom is -0.481 e. The lowest BCUT2D eigenvalue weighted by molar-refractivity contribution is -0.141. The number of aliphatic hydroxyl groups is 1. The highest BCUT2D eigenvalue weighted by Crippen LogP contribution is 2.09. The molecule has 0 aromatic carbocycles. The van der Waals surface area contributed by atoms with Gasteiger partial charge < -0.3 is 20.4 Å². The number of hydrogen-bond donors (Lipinski definition) is 3. The molecule has 1 rings (SSSR count). The summed E-state index contributed by atoms with van der Waals surface area (Å²) in [6.45, 7) is 9.70. The molecule has 0 radical (unpaired) electrons. The van der Waals surface area contributed by atoms with Gasteiger partial charge >= 0.3 is 12.0 Å². The number of nitrogens with zero attached hydrogens (tertiary/aromatic N) is 2. The van der Waals surface area contributed by atoms with Crippen molar-refractivity contribution in [1.29, 1.82) is 0 Å². The minimum atomic E-state index is -1.43. The van der Waals surface area contributed by atoms with Crippen LogP contribution in [0.1, 0.15) is 27.2 Å². The van der Waals surface area contributed by atoms with E-state index in [1.807, 2.05) is 0 Å². The summed E-state index contributed by atoms with van der Waals surface area (Å²) >= 11 is 0. The van der Waals surface area contributed by atoms with Crippen LogP contribution in [0.25, 0.3) is 0 Å². The molecule has 2 amide bonds. The van der Waals surface area contributed by atoms with Crippen LogP contribution in [0.4, 0.5) is 4.79 Å². The smallest absolute Gasteiger partial charge is 0.317 e. The second kappa shape index (κ2) is 7.61. The van der Waals surface area contributed by atoms with Crippen molar-refractivity contribution in [1.82, 2.24) is 15.1 Å². The molecule has 1 heterocycles. The fraction of sp³-hybridized carbons (Fsp3) is 0.857. The van der Waals surface area contributed by atoms with E-state index >= 15 is 0 Å². The Labute approximate surface area is 125 Å². The van der Waals surface area contributed by atoms with Crippen LogP contribution in [-0.4, -0.2) is 76.9 Å². The summed E-state index contributed by atoms with van der Waals surface area (Å²) in [4.78, 5) is 26.6. The average molecular weight is 301 g/mol. The number of carboxylic acids is 1. The molecule has 3 N–H and O–H groups in total. The van der Waals surface area contributed by atoms with Gasteiger partial charge in [0.15, 0.2) is 0 Å². The van der Waals surface area contributed by atoms with E-state index in [0.29, 0.717) is 19.0 Å². The number of amides is 2. The normalized spacial score (nSPS) is 19.4. The second-order valence-electron chi connectivity index (χ2n) is 6.41. The third-order valence-electron chi connectivity index (χ3n) is 3.44. The second-order valence-corrected chi connectivity index (χ2v) is 6.41. The molecule has 1 aliphatic rings. The molecule has 1 atom stereocenters. The van der Waals surface area contributed by atoms with Gasteiger partial charge in [-0.15, -0.1) is 0 Å². The van der Waals surface area contributed by atoms with Gasteiger partial charge in [0.05, 0.1) is 12.0 Å². The summed E-state index contributed by atoms with van der Waals surface area (Å²) in [5, 5.41) is 21.1. The zero-order chi connectivity index (χ0) is 16.0. The lowest BCUT2D eigenvalue weighted by Crippen LogP contribution is -2.54. The molecule has 0 bridgehead atoms. The standard InChI is InChI=1S/C14H27N3O4/c1-11(2)9-16-4-6-17(7-5-16)13(20)15-10-14(3,21)8-12(18)19/h11,21H,4-10H2,1-3H3,(H,15,20)(H,18,19). The van der Waals surface area contributed by atoms with Crippen LogP contribution in [0.2, 0.25) is 0 Å². The fourth-order valence-electron chi connectivity index (χ4n) is 2.42. The molecule has 0 aliphatic carbocycles. The summed E-state index contributed by atoms with van der Waals surface area (Å²) in [7, 11) is 0. The van der Waals surface area contributed by atoms with Gasteiger partial charge in [0.2, 0.25) is 0 Å². The topological polar surface area (TPSA) is 93.1 Å². The summed E-state index contributed by atoms with van der Waals surface area (Å²) in [6, 6.07) is -0.245. The number of rotatable bonds is 6. The maximum absolute atomic E-state index is 12.0. The zero-order valence-electron chi connectivity index (χ0n) is 13.1. The van der Waals surface area contributed by atoms with Gasteiger partial charge in [-0.2, -0.15) is 0 Å². The summed E-state index contributed by atoms with van der Waals surface area (Å²) in [6.07, 6.45) is -0.393. The Balaban J connectivity index is 2.32. The average Bonchev–Trinajstić information content (AvgIpc) is 2.34. The van der Waals surface area contributed by atoms with Crippen molar-refractivity contribution in [2.24, 2.45) is 5.92 Å². The number of carboxylic acid groups (broad SMARTS) is 1. The van der Waals surface area contributed by atoms with Crippen LogP contribution in [0.5, 0.6) is 0 Å². The Bertz CT molecular complexity index is 363. The van der Waals surface area contributed by atoms with Crippen molar-refractivity contribution in [2.75, 3.05) is 39.3 Å². The van der Waals surface area contributed by atoms with E-state index in [9.17, 15) is 14.7 Å². The number of urea groups is 1. The Morgan fingerprint density at radius 2 is 1.81 bits per heavy atom. The highest BCUT2D eigenvalue weighted by Gasteiger charge is 2.27. The lowest BCUT2D eigenvalue weighted by atomic mass is 10.0. The summed E-state index contributed by atoms with van der Waals surface area (Å²) in [5.74, 6) is -0.479. The van der Waals surface area contributed by atoms with Crippen molar-refractivity contribution in [3.63, 3.8) is 0 Å². The Hall–Kier alpha value is -1.34. The van der Waals surface area contributed by atoms with Gasteiger partial charge in [0, 0.05) is 39.3 Å². The molecular weight excluding hydrogens is 274 g/mol. The predicted molar refractivity (Wildman–Crippen MR) is 79.1 cm³/mol. The van der Waals surface area contributed by atoms with E-state index in [1.165, 1.54) is 6.92 Å². The number of carbonyl (C=O) groups is 2. The third kappa shape index (κ3) is 6.77. The Morgan fingerprint density at radius 1 is 1.24 bits per heavy atom. The number of aliphatic carboxylic acids is 1. The van der Waals surface area contributed by atoms with Gasteiger partial charge in [-0.25, -0.2) is 4.79 Å². The van der Waals surface area contributed by atoms with Gasteiger partial charge in [-0.3, -0.25) is 9.69 Å². The molecule has 0 saturated carbocycles. The molecule has 7 heteroatoms. The summed E-state index contributed by atoms with van der Waals surface area (Å²) < 4.78 is 0. The first-order chi connectivity index (χ1) is 9.69. The fourth-order valence-corrected chi connectivity index (χ4v) is 2.42. The third-order valence-corrected chi connectivity index (χ3v) is 3.44. The maximum Gasteiger partial charge on any atom is 0.317 e. The first kappa shape index (κ1) is 17.7. The number of nitrogens with one attached hydrogen (secondary N) is 1. The first-order valence-corrected chi connectivity index (χ1v) is 7.39. The molecular formula is C14H27N3O4. The van der Waals surface area contributed by atoms with Crippen LogP contribution in [-0.2, 0) is 4.79 Å². The number of hydrogen-bond acceptors (Lipinski definition) is 4. The van der Waals surface area contributed by atoms with Crippen LogP contribution in [0.15, 0.2) is 0 Å². The van der Waals surface area contributed by atoms with Crippen LogP contribution in [0, 0.1) is 5.92 Å². The predicted octanol–water partition coefficient (Wildman–Crippen LogP) is 0.195. The Morgan fingerprint density at radius 3 is 2.29 bits per heavy atom. The van der Waals surface area contributed by atoms with Gasteiger partial charge in [0.1, 0.15) is 0 Å². The zero-order valence-corrected chi connectivity index (χ0v) is 13.1. The van der Waals surface area contributed by atoms with Crippen molar-refractivity contribution in [3.8, 4) is 0 Å². The van der Waals surface area contributed by atoms with Crippen LogP contribution < -0.4 is 5.32 Å². The van der Waals surface area contributed by atoms with Crippen molar-refractivity contribution < 1.29 is 19.8 Å². The number of carbonyl (C=O) groups excluding carboxylic acids is 1. The number of piperazine rings is 1. The molecule has 1 aliphatic heterocycles. The minimum absolute atomic E-state index is 0.0651. The molecule has 0 aromatic heterocycles. The Kier molecular flexibility index (Phi) is 6.42. The highest BCUT2D eigenvalue weighted by atomic mass is 16.4. The van der Waals surface area contributed by atoms with Crippen LogP contribution >= 0.6 is 0 Å². The maximum atomic E-state index is 12.0. The first-order valence-electron chi connectivity index (χ1n) is 7.39. The van der Waals surface area contributed by atoms with Gasteiger partial charge in [0.25, 0.3) is 0 Å². The highest BCUT2D eigenvalue weighted by molar-refractivity contribution is 5.74. The van der Waals surface area contributed by atoms with E-state index < -0.39 is 18.0 Å². The van der Waals surface area contributed by atoms with Gasteiger partial charge in [-0.05, 0) is 12.8 Å². The largest absolute Gasteiger partial charge is 0.481 e. The summed E-state index contributed by atoms with van der Waals surface area (Å²) in [5.41, 5.74) is -1.43. The monoisotopic (exact) mass is 301 g/mol. The lowest BCUT2D eigenvalue weighted by Gasteiger charge is -2.36. The molecule has 122 valence electrons. The molecule has 21 heavy (non-hydrogen) atoms. The van der Waals surface area contributed by atoms with E-state index in [1.54, 1.807) is 4.90 Å². The van der Waals surface area contributed by atoms with Crippen molar-refractivity contribution >= 4 is 12.0 Å². The molecule has 1 unspecified atom stereocenters. The van der Waals surface area contributed by atoms with Gasteiger partial charge in [-0.1, -0.05) is 13.8 Å². The van der Waals surface area contributed by atoms with E-state index in [4.69, 9.17) is 5.11 Å².